The molecule has 0 aliphatic heterocycles. The van der Waals surface area contributed by atoms with Gasteiger partial charge in [-0.1, -0.05) is 0 Å². The molecule has 0 aliphatic carbocycles. The fraction of sp³-hybridized carbons (Fsp3) is 0.417. The van der Waals surface area contributed by atoms with Crippen LogP contribution in [0.1, 0.15) is 30.0 Å². The SMILES string of the molecule is Cc1c(CN[C@@H](C)c2ccco2)cnn1C. The third kappa shape index (κ3) is 2.17. The molecule has 16 heavy (non-hydrogen) atoms. The maximum atomic E-state index is 5.34. The van der Waals surface area contributed by atoms with Gasteiger partial charge in [0.1, 0.15) is 5.76 Å². The Bertz CT molecular complexity index is 445. The van der Waals surface area contributed by atoms with E-state index in [4.69, 9.17) is 4.42 Å². The number of hydrogen-bond acceptors (Lipinski definition) is 3. The van der Waals surface area contributed by atoms with E-state index in [2.05, 4.69) is 24.3 Å². The van der Waals surface area contributed by atoms with Crippen LogP contribution in [0, 0.1) is 6.92 Å². The van der Waals surface area contributed by atoms with Gasteiger partial charge in [-0.25, -0.2) is 0 Å². The van der Waals surface area contributed by atoms with Gasteiger partial charge in [0.15, 0.2) is 0 Å². The van der Waals surface area contributed by atoms with Crippen LogP contribution in [0.4, 0.5) is 0 Å². The Kier molecular flexibility index (Phi) is 3.10. The standard InChI is InChI=1S/C12H17N3O/c1-9(12-5-4-6-16-12)13-7-11-8-14-15(3)10(11)2/h4-6,8-9,13H,7H2,1-3H3/t9-/m0/s1. The highest BCUT2D eigenvalue weighted by Crippen LogP contribution is 2.14. The summed E-state index contributed by atoms with van der Waals surface area (Å²) in [5.74, 6) is 0.960. The highest BCUT2D eigenvalue weighted by Gasteiger charge is 2.09. The highest BCUT2D eigenvalue weighted by molar-refractivity contribution is 5.16. The number of hydrogen-bond donors (Lipinski definition) is 1. The van der Waals surface area contributed by atoms with Crippen molar-refractivity contribution in [2.24, 2.45) is 7.05 Å². The number of furan rings is 1. The molecule has 0 aliphatic rings. The van der Waals surface area contributed by atoms with E-state index in [1.165, 1.54) is 11.3 Å². The van der Waals surface area contributed by atoms with Gasteiger partial charge in [-0.2, -0.15) is 5.10 Å². The summed E-state index contributed by atoms with van der Waals surface area (Å²) in [6, 6.07) is 4.10. The maximum absolute atomic E-state index is 5.34. The Labute approximate surface area is 95.3 Å². The van der Waals surface area contributed by atoms with E-state index >= 15 is 0 Å². The van der Waals surface area contributed by atoms with Crippen molar-refractivity contribution in [1.29, 1.82) is 0 Å². The molecule has 2 heterocycles. The molecule has 0 amide bonds. The van der Waals surface area contributed by atoms with Crippen LogP contribution in [-0.2, 0) is 13.6 Å². The molecule has 2 rings (SSSR count). The summed E-state index contributed by atoms with van der Waals surface area (Å²) in [6.45, 7) is 4.97. The van der Waals surface area contributed by atoms with E-state index in [-0.39, 0.29) is 6.04 Å². The Morgan fingerprint density at radius 2 is 2.38 bits per heavy atom. The zero-order chi connectivity index (χ0) is 11.5. The van der Waals surface area contributed by atoms with Crippen LogP contribution in [0.25, 0.3) is 0 Å². The number of aryl methyl sites for hydroxylation is 1. The van der Waals surface area contributed by atoms with Crippen molar-refractivity contribution in [3.05, 3.63) is 41.6 Å². The number of aromatic nitrogens is 2. The second-order valence-electron chi connectivity index (χ2n) is 4.00. The van der Waals surface area contributed by atoms with Gasteiger partial charge in [-0.05, 0) is 26.0 Å². The van der Waals surface area contributed by atoms with Crippen molar-refractivity contribution in [3.63, 3.8) is 0 Å². The Hall–Kier alpha value is -1.55. The molecule has 0 saturated heterocycles. The average Bonchev–Trinajstić information content (AvgIpc) is 2.89. The predicted molar refractivity (Wildman–Crippen MR) is 61.9 cm³/mol. The molecule has 0 saturated carbocycles. The molecule has 0 spiro atoms. The van der Waals surface area contributed by atoms with Gasteiger partial charge in [0.05, 0.1) is 18.5 Å². The number of nitrogens with zero attached hydrogens (tertiary/aromatic N) is 2. The van der Waals surface area contributed by atoms with Gasteiger partial charge in [-0.15, -0.1) is 0 Å². The number of rotatable bonds is 4. The smallest absolute Gasteiger partial charge is 0.120 e. The zero-order valence-electron chi connectivity index (χ0n) is 9.90. The van der Waals surface area contributed by atoms with Crippen molar-refractivity contribution in [1.82, 2.24) is 15.1 Å². The van der Waals surface area contributed by atoms with Crippen molar-refractivity contribution < 1.29 is 4.42 Å². The third-order valence-corrected chi connectivity index (χ3v) is 2.91. The van der Waals surface area contributed by atoms with E-state index in [9.17, 15) is 0 Å². The first-order valence-electron chi connectivity index (χ1n) is 5.42. The Morgan fingerprint density at radius 1 is 1.56 bits per heavy atom. The molecule has 4 heteroatoms. The molecule has 0 fully saturated rings. The van der Waals surface area contributed by atoms with Crippen molar-refractivity contribution >= 4 is 0 Å². The van der Waals surface area contributed by atoms with Crippen LogP contribution in [0.15, 0.2) is 29.0 Å². The van der Waals surface area contributed by atoms with Crippen molar-refractivity contribution in [2.45, 2.75) is 26.4 Å². The van der Waals surface area contributed by atoms with E-state index in [0.29, 0.717) is 0 Å². The summed E-state index contributed by atoms with van der Waals surface area (Å²) in [4.78, 5) is 0. The summed E-state index contributed by atoms with van der Waals surface area (Å²) in [5, 5.41) is 7.62. The minimum atomic E-state index is 0.217. The quantitative estimate of drug-likeness (QED) is 0.857. The van der Waals surface area contributed by atoms with Gasteiger partial charge in [0.2, 0.25) is 0 Å². The number of nitrogens with one attached hydrogen (secondary N) is 1. The summed E-state index contributed by atoms with van der Waals surface area (Å²) in [6.07, 6.45) is 3.60. The second-order valence-corrected chi connectivity index (χ2v) is 4.00. The summed E-state index contributed by atoms with van der Waals surface area (Å²) < 4.78 is 7.22. The molecule has 2 aromatic heterocycles. The molecule has 0 unspecified atom stereocenters. The fourth-order valence-electron chi connectivity index (χ4n) is 1.62. The lowest BCUT2D eigenvalue weighted by molar-refractivity contribution is 0.430. The molecule has 4 nitrogen and oxygen atoms in total. The summed E-state index contributed by atoms with van der Waals surface area (Å²) in [5.41, 5.74) is 2.42. The van der Waals surface area contributed by atoms with Crippen LogP contribution in [-0.4, -0.2) is 9.78 Å². The molecule has 2 aromatic rings. The van der Waals surface area contributed by atoms with Gasteiger partial charge >= 0.3 is 0 Å². The highest BCUT2D eigenvalue weighted by atomic mass is 16.3. The first-order valence-corrected chi connectivity index (χ1v) is 5.42. The lowest BCUT2D eigenvalue weighted by atomic mass is 10.2. The van der Waals surface area contributed by atoms with Gasteiger partial charge in [-0.3, -0.25) is 4.68 Å². The fourth-order valence-corrected chi connectivity index (χ4v) is 1.62. The molecule has 0 aromatic carbocycles. The zero-order valence-corrected chi connectivity index (χ0v) is 9.90. The van der Waals surface area contributed by atoms with Crippen LogP contribution < -0.4 is 5.32 Å². The first kappa shape index (κ1) is 11.0. The molecule has 86 valence electrons. The lowest BCUT2D eigenvalue weighted by Gasteiger charge is -2.10. The molecular formula is C12H17N3O. The van der Waals surface area contributed by atoms with E-state index < -0.39 is 0 Å². The van der Waals surface area contributed by atoms with Crippen molar-refractivity contribution in [3.8, 4) is 0 Å². The topological polar surface area (TPSA) is 43.0 Å². The lowest BCUT2D eigenvalue weighted by Crippen LogP contribution is -2.17. The van der Waals surface area contributed by atoms with Crippen molar-refractivity contribution in [2.75, 3.05) is 0 Å². The van der Waals surface area contributed by atoms with Gasteiger partial charge in [0, 0.05) is 24.8 Å². The molecule has 1 atom stereocenters. The Balaban J connectivity index is 1.95. The average molecular weight is 219 g/mol. The second kappa shape index (κ2) is 4.53. The largest absolute Gasteiger partial charge is 0.468 e. The van der Waals surface area contributed by atoms with Crippen LogP contribution in [0.2, 0.25) is 0 Å². The summed E-state index contributed by atoms with van der Waals surface area (Å²) in [7, 11) is 1.95. The maximum Gasteiger partial charge on any atom is 0.120 e. The van der Waals surface area contributed by atoms with E-state index in [1.54, 1.807) is 6.26 Å². The van der Waals surface area contributed by atoms with Crippen LogP contribution in [0.5, 0.6) is 0 Å². The normalized spacial score (nSPS) is 12.9. The molecule has 0 radical (unpaired) electrons. The third-order valence-electron chi connectivity index (χ3n) is 2.91. The Morgan fingerprint density at radius 3 is 2.94 bits per heavy atom. The minimum Gasteiger partial charge on any atom is -0.468 e. The first-order chi connectivity index (χ1) is 7.68. The summed E-state index contributed by atoms with van der Waals surface area (Å²) >= 11 is 0. The predicted octanol–water partition coefficient (Wildman–Crippen LogP) is 2.17. The van der Waals surface area contributed by atoms with Crippen LogP contribution in [0.3, 0.4) is 0 Å². The van der Waals surface area contributed by atoms with E-state index in [1.807, 2.05) is 30.1 Å². The molecule has 0 bridgehead atoms. The molecular weight excluding hydrogens is 202 g/mol. The van der Waals surface area contributed by atoms with E-state index in [0.717, 1.165) is 12.3 Å². The van der Waals surface area contributed by atoms with Crippen LogP contribution >= 0.6 is 0 Å². The van der Waals surface area contributed by atoms with Gasteiger partial charge in [0.25, 0.3) is 0 Å². The van der Waals surface area contributed by atoms with Gasteiger partial charge < -0.3 is 9.73 Å². The molecule has 1 N–H and O–H groups in total. The minimum absolute atomic E-state index is 0.217. The monoisotopic (exact) mass is 219 g/mol.